The van der Waals surface area contributed by atoms with Crippen LogP contribution in [-0.2, 0) is 19.4 Å². The largest absolute Gasteiger partial charge is 0.390 e. The van der Waals surface area contributed by atoms with Crippen molar-refractivity contribution in [2.45, 2.75) is 33.3 Å². The quantitative estimate of drug-likeness (QED) is 0.862. The van der Waals surface area contributed by atoms with Crippen molar-refractivity contribution in [2.24, 2.45) is 0 Å². The van der Waals surface area contributed by atoms with Gasteiger partial charge in [0, 0.05) is 5.69 Å². The van der Waals surface area contributed by atoms with Crippen molar-refractivity contribution in [3.8, 4) is 5.82 Å². The molecule has 0 aliphatic carbocycles. The van der Waals surface area contributed by atoms with Gasteiger partial charge in [0.2, 0.25) is 0 Å². The lowest BCUT2D eigenvalue weighted by Gasteiger charge is -2.04. The van der Waals surface area contributed by atoms with E-state index in [-0.39, 0.29) is 6.61 Å². The number of rotatable bonds is 4. The van der Waals surface area contributed by atoms with Crippen LogP contribution in [-0.4, -0.2) is 25.1 Å². The molecule has 0 amide bonds. The minimum absolute atomic E-state index is 0.0900. The van der Waals surface area contributed by atoms with Crippen LogP contribution in [0.15, 0.2) is 18.2 Å². The van der Waals surface area contributed by atoms with Gasteiger partial charge in [-0.15, -0.1) is 5.10 Å². The van der Waals surface area contributed by atoms with Gasteiger partial charge >= 0.3 is 0 Å². The predicted octanol–water partition coefficient (Wildman–Crippen LogP) is 1.28. The Kier molecular flexibility index (Phi) is 3.49. The molecule has 0 fully saturated rings. The molecule has 1 N–H and O–H groups in total. The molecule has 0 aliphatic rings. The van der Waals surface area contributed by atoms with Gasteiger partial charge in [-0.2, -0.15) is 10.2 Å². The standard InChI is InChI=1S/C12H16N4O/c1-3-9-7-11(4-2)16(15-9)12-6-5-10(8-17)13-14-12/h5-7,17H,3-4,8H2,1-2H3. The van der Waals surface area contributed by atoms with E-state index >= 15 is 0 Å². The summed E-state index contributed by atoms with van der Waals surface area (Å²) >= 11 is 0. The Morgan fingerprint density at radius 3 is 2.47 bits per heavy atom. The Morgan fingerprint density at radius 1 is 1.12 bits per heavy atom. The van der Waals surface area contributed by atoms with Crippen LogP contribution in [0.25, 0.3) is 5.82 Å². The molecule has 2 rings (SSSR count). The molecule has 0 saturated carbocycles. The second-order valence-corrected chi connectivity index (χ2v) is 3.79. The summed E-state index contributed by atoms with van der Waals surface area (Å²) in [4.78, 5) is 0. The summed E-state index contributed by atoms with van der Waals surface area (Å²) in [7, 11) is 0. The molecule has 90 valence electrons. The van der Waals surface area contributed by atoms with Gasteiger partial charge in [-0.3, -0.25) is 0 Å². The van der Waals surface area contributed by atoms with Crippen LogP contribution in [0.3, 0.4) is 0 Å². The third-order valence-electron chi connectivity index (χ3n) is 2.64. The number of aryl methyl sites for hydroxylation is 2. The summed E-state index contributed by atoms with van der Waals surface area (Å²) in [6.07, 6.45) is 1.80. The molecule has 2 heterocycles. The highest BCUT2D eigenvalue weighted by atomic mass is 16.3. The minimum atomic E-state index is -0.0900. The number of nitrogens with zero attached hydrogens (tertiary/aromatic N) is 4. The number of hydrogen-bond acceptors (Lipinski definition) is 4. The molecule has 5 heteroatoms. The summed E-state index contributed by atoms with van der Waals surface area (Å²) in [6.45, 7) is 4.07. The zero-order valence-electron chi connectivity index (χ0n) is 10.1. The molecule has 0 radical (unpaired) electrons. The Labute approximate surface area is 100 Å². The first-order valence-corrected chi connectivity index (χ1v) is 5.80. The van der Waals surface area contributed by atoms with E-state index in [9.17, 15) is 0 Å². The van der Waals surface area contributed by atoms with Gasteiger partial charge in [0.05, 0.1) is 18.0 Å². The third kappa shape index (κ3) is 2.34. The SMILES string of the molecule is CCc1cc(CC)n(-c2ccc(CO)nn2)n1. The van der Waals surface area contributed by atoms with E-state index in [1.807, 2.05) is 10.7 Å². The van der Waals surface area contributed by atoms with Gasteiger partial charge in [-0.05, 0) is 31.0 Å². The first-order valence-electron chi connectivity index (χ1n) is 5.80. The molecule has 0 spiro atoms. The maximum Gasteiger partial charge on any atom is 0.175 e. The normalized spacial score (nSPS) is 10.8. The number of aliphatic hydroxyl groups is 1. The van der Waals surface area contributed by atoms with Gasteiger partial charge in [-0.1, -0.05) is 13.8 Å². The number of aliphatic hydroxyl groups excluding tert-OH is 1. The van der Waals surface area contributed by atoms with Crippen LogP contribution >= 0.6 is 0 Å². The third-order valence-corrected chi connectivity index (χ3v) is 2.64. The summed E-state index contributed by atoms with van der Waals surface area (Å²) < 4.78 is 1.81. The van der Waals surface area contributed by atoms with Gasteiger partial charge < -0.3 is 5.11 Å². The molecular weight excluding hydrogens is 216 g/mol. The Balaban J connectivity index is 2.40. The number of hydrogen-bond donors (Lipinski definition) is 1. The van der Waals surface area contributed by atoms with E-state index in [0.717, 1.165) is 24.2 Å². The molecule has 0 unspecified atom stereocenters. The summed E-state index contributed by atoms with van der Waals surface area (Å²) in [5, 5.41) is 21.4. The monoisotopic (exact) mass is 232 g/mol. The van der Waals surface area contributed by atoms with Crippen LogP contribution in [0.4, 0.5) is 0 Å². The summed E-state index contributed by atoms with van der Waals surface area (Å²) in [6, 6.07) is 5.67. The lowest BCUT2D eigenvalue weighted by Crippen LogP contribution is -2.06. The van der Waals surface area contributed by atoms with E-state index in [2.05, 4.69) is 35.2 Å². The van der Waals surface area contributed by atoms with Crippen LogP contribution in [0.1, 0.15) is 30.9 Å². The van der Waals surface area contributed by atoms with Crippen molar-refractivity contribution in [1.29, 1.82) is 0 Å². The highest BCUT2D eigenvalue weighted by molar-refractivity contribution is 5.26. The Bertz CT molecular complexity index is 490. The van der Waals surface area contributed by atoms with Crippen molar-refractivity contribution in [3.63, 3.8) is 0 Å². The molecule has 2 aromatic heterocycles. The van der Waals surface area contributed by atoms with Crippen LogP contribution in [0.2, 0.25) is 0 Å². The molecule has 0 saturated heterocycles. The zero-order valence-corrected chi connectivity index (χ0v) is 10.1. The van der Waals surface area contributed by atoms with Crippen molar-refractivity contribution in [1.82, 2.24) is 20.0 Å². The van der Waals surface area contributed by atoms with E-state index in [1.165, 1.54) is 0 Å². The fourth-order valence-electron chi connectivity index (χ4n) is 1.65. The molecule has 0 aliphatic heterocycles. The molecule has 5 nitrogen and oxygen atoms in total. The fourth-order valence-corrected chi connectivity index (χ4v) is 1.65. The molecule has 0 atom stereocenters. The van der Waals surface area contributed by atoms with Crippen molar-refractivity contribution in [3.05, 3.63) is 35.3 Å². The average molecular weight is 232 g/mol. The first-order chi connectivity index (χ1) is 8.28. The topological polar surface area (TPSA) is 63.8 Å². The Morgan fingerprint density at radius 2 is 1.94 bits per heavy atom. The van der Waals surface area contributed by atoms with Crippen LogP contribution < -0.4 is 0 Å². The molecule has 0 aromatic carbocycles. The molecule has 17 heavy (non-hydrogen) atoms. The molecular formula is C12H16N4O. The number of aromatic nitrogens is 4. The smallest absolute Gasteiger partial charge is 0.175 e. The average Bonchev–Trinajstić information content (AvgIpc) is 2.82. The van der Waals surface area contributed by atoms with Crippen molar-refractivity contribution < 1.29 is 5.11 Å². The van der Waals surface area contributed by atoms with Crippen LogP contribution in [0.5, 0.6) is 0 Å². The minimum Gasteiger partial charge on any atom is -0.390 e. The van der Waals surface area contributed by atoms with Crippen molar-refractivity contribution >= 4 is 0 Å². The highest BCUT2D eigenvalue weighted by Gasteiger charge is 2.08. The van der Waals surface area contributed by atoms with Gasteiger partial charge in [-0.25, -0.2) is 4.68 Å². The molecule has 0 bridgehead atoms. The lowest BCUT2D eigenvalue weighted by atomic mass is 10.2. The van der Waals surface area contributed by atoms with E-state index in [1.54, 1.807) is 6.07 Å². The van der Waals surface area contributed by atoms with Gasteiger partial charge in [0.25, 0.3) is 0 Å². The van der Waals surface area contributed by atoms with Crippen LogP contribution in [0, 0.1) is 0 Å². The second-order valence-electron chi connectivity index (χ2n) is 3.79. The van der Waals surface area contributed by atoms with Crippen molar-refractivity contribution in [2.75, 3.05) is 0 Å². The fraction of sp³-hybridized carbons (Fsp3) is 0.417. The summed E-state index contributed by atoms with van der Waals surface area (Å²) in [5.74, 6) is 0.693. The summed E-state index contributed by atoms with van der Waals surface area (Å²) in [5.41, 5.74) is 2.73. The van der Waals surface area contributed by atoms with E-state index in [0.29, 0.717) is 11.5 Å². The Hall–Kier alpha value is -1.75. The first kappa shape index (κ1) is 11.7. The maximum absolute atomic E-state index is 8.92. The molecule has 2 aromatic rings. The van der Waals surface area contributed by atoms with Gasteiger partial charge in [0.1, 0.15) is 0 Å². The van der Waals surface area contributed by atoms with Gasteiger partial charge in [0.15, 0.2) is 5.82 Å². The second kappa shape index (κ2) is 5.05. The van der Waals surface area contributed by atoms with E-state index in [4.69, 9.17) is 5.11 Å². The predicted molar refractivity (Wildman–Crippen MR) is 63.8 cm³/mol. The van der Waals surface area contributed by atoms with E-state index < -0.39 is 0 Å². The zero-order chi connectivity index (χ0) is 12.3. The lowest BCUT2D eigenvalue weighted by molar-refractivity contribution is 0.275. The highest BCUT2D eigenvalue weighted by Crippen LogP contribution is 2.11. The maximum atomic E-state index is 8.92.